The van der Waals surface area contributed by atoms with E-state index in [1.165, 1.54) is 7.11 Å². The molecule has 0 amide bonds. The number of benzene rings is 1. The molecule has 0 radical (unpaired) electrons. The zero-order chi connectivity index (χ0) is 11.5. The Morgan fingerprint density at radius 1 is 1.62 bits per heavy atom. The summed E-state index contributed by atoms with van der Waals surface area (Å²) < 4.78 is 4.45. The van der Waals surface area contributed by atoms with E-state index in [1.54, 1.807) is 6.33 Å². The molecule has 0 saturated carbocycles. The van der Waals surface area contributed by atoms with Crippen LogP contribution in [0.2, 0.25) is 0 Å². The van der Waals surface area contributed by atoms with E-state index < -0.39 is 12.1 Å². The second-order valence-corrected chi connectivity index (χ2v) is 3.50. The molecule has 1 heterocycles. The van der Waals surface area contributed by atoms with Gasteiger partial charge in [-0.15, -0.1) is 0 Å². The fraction of sp³-hybridized carbons (Fsp3) is 0.273. The van der Waals surface area contributed by atoms with E-state index in [4.69, 9.17) is 0 Å². The molecule has 2 N–H and O–H groups in total. The maximum atomic E-state index is 11.0. The minimum atomic E-state index is -1.12. The molecule has 1 atom stereocenters. The number of hydrogen-bond acceptors (Lipinski definition) is 4. The number of carbonyl (C=O) groups excluding carboxylic acids is 1. The molecule has 0 spiro atoms. The summed E-state index contributed by atoms with van der Waals surface area (Å²) in [5.74, 6) is -0.621. The van der Waals surface area contributed by atoms with Crippen molar-refractivity contribution < 1.29 is 14.6 Å². The summed E-state index contributed by atoms with van der Waals surface area (Å²) in [4.78, 5) is 18.1. The lowest BCUT2D eigenvalue weighted by atomic mass is 10.1. The molecule has 1 aromatic heterocycles. The van der Waals surface area contributed by atoms with E-state index in [0.717, 1.165) is 16.6 Å². The Bertz CT molecular complexity index is 507. The smallest absolute Gasteiger partial charge is 0.335 e. The van der Waals surface area contributed by atoms with Gasteiger partial charge in [-0.2, -0.15) is 0 Å². The molecule has 0 saturated heterocycles. The highest BCUT2D eigenvalue weighted by atomic mass is 16.5. The number of rotatable bonds is 3. The molecule has 84 valence electrons. The Hall–Kier alpha value is -1.88. The summed E-state index contributed by atoms with van der Waals surface area (Å²) in [5.41, 5.74) is 2.60. The van der Waals surface area contributed by atoms with Gasteiger partial charge in [0.05, 0.1) is 24.5 Å². The lowest BCUT2D eigenvalue weighted by Gasteiger charge is -2.07. The number of aliphatic hydroxyl groups is 1. The molecular weight excluding hydrogens is 208 g/mol. The molecule has 5 nitrogen and oxygen atoms in total. The average molecular weight is 220 g/mol. The second-order valence-electron chi connectivity index (χ2n) is 3.50. The Morgan fingerprint density at radius 2 is 2.44 bits per heavy atom. The zero-order valence-electron chi connectivity index (χ0n) is 8.80. The highest BCUT2D eigenvalue weighted by Gasteiger charge is 2.15. The first kappa shape index (κ1) is 10.6. The van der Waals surface area contributed by atoms with Gasteiger partial charge in [0, 0.05) is 6.42 Å². The molecule has 0 bridgehead atoms. The van der Waals surface area contributed by atoms with Crippen molar-refractivity contribution in [2.75, 3.05) is 7.11 Å². The molecule has 0 aliphatic carbocycles. The Morgan fingerprint density at radius 3 is 3.19 bits per heavy atom. The lowest BCUT2D eigenvalue weighted by molar-refractivity contribution is -0.150. The highest BCUT2D eigenvalue weighted by Crippen LogP contribution is 2.13. The van der Waals surface area contributed by atoms with E-state index in [1.807, 2.05) is 18.2 Å². The van der Waals surface area contributed by atoms with Crippen LogP contribution in [0.3, 0.4) is 0 Å². The number of fused-ring (bicyclic) bond motifs is 1. The quantitative estimate of drug-likeness (QED) is 0.744. The topological polar surface area (TPSA) is 75.2 Å². The van der Waals surface area contributed by atoms with Crippen molar-refractivity contribution in [3.8, 4) is 0 Å². The number of imidazole rings is 1. The van der Waals surface area contributed by atoms with Crippen molar-refractivity contribution in [1.82, 2.24) is 9.97 Å². The first-order valence-electron chi connectivity index (χ1n) is 4.88. The number of H-pyrrole nitrogens is 1. The number of aromatic nitrogens is 2. The summed E-state index contributed by atoms with van der Waals surface area (Å²) in [6.45, 7) is 0. The summed E-state index contributed by atoms with van der Waals surface area (Å²) in [5, 5.41) is 9.49. The van der Waals surface area contributed by atoms with Crippen molar-refractivity contribution in [2.45, 2.75) is 12.5 Å². The van der Waals surface area contributed by atoms with Gasteiger partial charge >= 0.3 is 5.97 Å². The predicted molar refractivity (Wildman–Crippen MR) is 57.8 cm³/mol. The SMILES string of the molecule is COC(=O)C(O)Cc1ccc2nc[nH]c2c1. The summed E-state index contributed by atoms with van der Waals surface area (Å²) in [6.07, 6.45) is 0.720. The van der Waals surface area contributed by atoms with Crippen molar-refractivity contribution in [3.05, 3.63) is 30.1 Å². The van der Waals surface area contributed by atoms with Gasteiger partial charge in [-0.1, -0.05) is 6.07 Å². The number of nitrogens with zero attached hydrogens (tertiary/aromatic N) is 1. The molecule has 2 rings (SSSR count). The second kappa shape index (κ2) is 4.32. The normalized spacial score (nSPS) is 12.6. The van der Waals surface area contributed by atoms with Gasteiger partial charge in [0.2, 0.25) is 0 Å². The average Bonchev–Trinajstić information content (AvgIpc) is 2.75. The van der Waals surface area contributed by atoms with Crippen LogP contribution in [0.1, 0.15) is 5.56 Å². The standard InChI is InChI=1S/C11H12N2O3/c1-16-11(15)10(14)5-7-2-3-8-9(4-7)13-6-12-8/h2-4,6,10,14H,5H2,1H3,(H,12,13). The van der Waals surface area contributed by atoms with Gasteiger partial charge in [0.1, 0.15) is 0 Å². The highest BCUT2D eigenvalue weighted by molar-refractivity contribution is 5.77. The van der Waals surface area contributed by atoms with Gasteiger partial charge in [-0.25, -0.2) is 9.78 Å². The number of aliphatic hydroxyl groups excluding tert-OH is 1. The number of ether oxygens (including phenoxy) is 1. The van der Waals surface area contributed by atoms with E-state index in [2.05, 4.69) is 14.7 Å². The molecular formula is C11H12N2O3. The number of hydrogen-bond donors (Lipinski definition) is 2. The molecule has 1 unspecified atom stereocenters. The number of esters is 1. The monoisotopic (exact) mass is 220 g/mol. The summed E-state index contributed by atoms with van der Waals surface area (Å²) >= 11 is 0. The van der Waals surface area contributed by atoms with Crippen LogP contribution in [0.15, 0.2) is 24.5 Å². The molecule has 5 heteroatoms. The molecule has 2 aromatic rings. The van der Waals surface area contributed by atoms with Crippen LogP contribution in [0, 0.1) is 0 Å². The number of carbonyl (C=O) groups is 1. The number of nitrogens with one attached hydrogen (secondary N) is 1. The first-order valence-corrected chi connectivity index (χ1v) is 4.88. The van der Waals surface area contributed by atoms with E-state index >= 15 is 0 Å². The van der Waals surface area contributed by atoms with Crippen LogP contribution in [0.25, 0.3) is 11.0 Å². The van der Waals surface area contributed by atoms with Crippen LogP contribution in [0.5, 0.6) is 0 Å². The van der Waals surface area contributed by atoms with Gasteiger partial charge < -0.3 is 14.8 Å². The van der Waals surface area contributed by atoms with E-state index in [9.17, 15) is 9.90 Å². The summed E-state index contributed by atoms with van der Waals surface area (Å²) in [6, 6.07) is 5.52. The largest absolute Gasteiger partial charge is 0.467 e. The molecule has 16 heavy (non-hydrogen) atoms. The third-order valence-corrected chi connectivity index (χ3v) is 2.39. The number of methoxy groups -OCH3 is 1. The van der Waals surface area contributed by atoms with Gasteiger partial charge in [0.25, 0.3) is 0 Å². The van der Waals surface area contributed by atoms with E-state index in [0.29, 0.717) is 0 Å². The lowest BCUT2D eigenvalue weighted by Crippen LogP contribution is -2.24. The van der Waals surface area contributed by atoms with Gasteiger partial charge in [-0.3, -0.25) is 0 Å². The molecule has 0 aliphatic heterocycles. The van der Waals surface area contributed by atoms with Crippen molar-refractivity contribution in [3.63, 3.8) is 0 Å². The van der Waals surface area contributed by atoms with Crippen LogP contribution in [0.4, 0.5) is 0 Å². The maximum Gasteiger partial charge on any atom is 0.335 e. The maximum absolute atomic E-state index is 11.0. The van der Waals surface area contributed by atoms with Crippen molar-refractivity contribution >= 4 is 17.0 Å². The Balaban J connectivity index is 2.17. The Labute approximate surface area is 92.1 Å². The van der Waals surface area contributed by atoms with Crippen LogP contribution in [-0.4, -0.2) is 34.3 Å². The van der Waals surface area contributed by atoms with Crippen molar-refractivity contribution in [1.29, 1.82) is 0 Å². The van der Waals surface area contributed by atoms with E-state index in [-0.39, 0.29) is 6.42 Å². The third-order valence-electron chi connectivity index (χ3n) is 2.39. The zero-order valence-corrected chi connectivity index (χ0v) is 8.80. The molecule has 1 aromatic carbocycles. The minimum Gasteiger partial charge on any atom is -0.467 e. The van der Waals surface area contributed by atoms with Gasteiger partial charge in [0.15, 0.2) is 6.10 Å². The van der Waals surface area contributed by atoms with Crippen LogP contribution in [-0.2, 0) is 16.0 Å². The first-order chi connectivity index (χ1) is 7.70. The third kappa shape index (κ3) is 2.04. The fourth-order valence-corrected chi connectivity index (χ4v) is 1.55. The predicted octanol–water partition coefficient (Wildman–Crippen LogP) is 0.639. The number of aromatic amines is 1. The molecule has 0 fully saturated rings. The molecule has 0 aliphatic rings. The van der Waals surface area contributed by atoms with Gasteiger partial charge in [-0.05, 0) is 17.7 Å². The van der Waals surface area contributed by atoms with Crippen molar-refractivity contribution in [2.24, 2.45) is 0 Å². The summed E-state index contributed by atoms with van der Waals surface area (Å²) in [7, 11) is 1.25. The minimum absolute atomic E-state index is 0.238. The fourth-order valence-electron chi connectivity index (χ4n) is 1.55. The Kier molecular flexibility index (Phi) is 2.87. The van der Waals surface area contributed by atoms with Crippen LogP contribution >= 0.6 is 0 Å². The van der Waals surface area contributed by atoms with Crippen LogP contribution < -0.4 is 0 Å².